The highest BCUT2D eigenvalue weighted by Crippen LogP contribution is 2.23. The molecule has 0 saturated heterocycles. The number of hydrogen-bond acceptors (Lipinski definition) is 3. The second-order valence-corrected chi connectivity index (χ2v) is 6.12. The monoisotopic (exact) mass is 312 g/mol. The highest BCUT2D eigenvalue weighted by molar-refractivity contribution is 7.84. The number of rotatable bonds is 4. The maximum Gasteiger partial charge on any atom is 0.335 e. The average Bonchev–Trinajstić information content (AvgIpc) is 2.65. The van der Waals surface area contributed by atoms with Crippen LogP contribution in [0.5, 0.6) is 0 Å². The lowest BCUT2D eigenvalue weighted by molar-refractivity contribution is 0.0696. The summed E-state index contributed by atoms with van der Waals surface area (Å²) in [5.41, 5.74) is 1.46. The molecule has 0 aliphatic heterocycles. The molecule has 1 heterocycles. The molecular formula is C13H13ClN2O3S. The van der Waals surface area contributed by atoms with Gasteiger partial charge in [0.25, 0.3) is 0 Å². The number of aromatic nitrogens is 2. The lowest BCUT2D eigenvalue weighted by Gasteiger charge is -2.05. The number of aromatic carboxylic acids is 1. The fourth-order valence-corrected chi connectivity index (χ4v) is 3.36. The summed E-state index contributed by atoms with van der Waals surface area (Å²) in [4.78, 5) is 11.4. The van der Waals surface area contributed by atoms with Crippen LogP contribution in [0.1, 0.15) is 21.7 Å². The van der Waals surface area contributed by atoms with Gasteiger partial charge in [0.15, 0.2) is 0 Å². The SMILES string of the molecule is Cc1nn(C)c(CS(=O)c2cccc(C(=O)O)c2)c1Cl. The van der Waals surface area contributed by atoms with Crippen LogP contribution in [-0.4, -0.2) is 25.1 Å². The lowest BCUT2D eigenvalue weighted by atomic mass is 10.2. The topological polar surface area (TPSA) is 72.2 Å². The number of carboxylic acid groups (broad SMARTS) is 1. The van der Waals surface area contributed by atoms with Gasteiger partial charge in [-0.3, -0.25) is 8.89 Å². The van der Waals surface area contributed by atoms with Gasteiger partial charge in [0.2, 0.25) is 0 Å². The zero-order valence-corrected chi connectivity index (χ0v) is 12.5. The van der Waals surface area contributed by atoms with Crippen LogP contribution in [0, 0.1) is 6.92 Å². The molecule has 1 atom stereocenters. The van der Waals surface area contributed by atoms with Gasteiger partial charge in [-0.1, -0.05) is 17.7 Å². The molecule has 1 aromatic heterocycles. The maximum absolute atomic E-state index is 12.3. The van der Waals surface area contributed by atoms with Crippen molar-refractivity contribution in [3.63, 3.8) is 0 Å². The Morgan fingerprint density at radius 2 is 2.20 bits per heavy atom. The molecule has 2 aromatic rings. The largest absolute Gasteiger partial charge is 0.478 e. The van der Waals surface area contributed by atoms with Crippen LogP contribution in [0.2, 0.25) is 5.02 Å². The van der Waals surface area contributed by atoms with Gasteiger partial charge in [-0.15, -0.1) is 0 Å². The summed E-state index contributed by atoms with van der Waals surface area (Å²) in [5.74, 6) is -0.850. The molecule has 20 heavy (non-hydrogen) atoms. The molecule has 0 aliphatic rings. The van der Waals surface area contributed by atoms with E-state index in [1.807, 2.05) is 0 Å². The van der Waals surface area contributed by atoms with Crippen molar-refractivity contribution < 1.29 is 14.1 Å². The number of halogens is 1. The van der Waals surface area contributed by atoms with Gasteiger partial charge in [0.1, 0.15) is 0 Å². The van der Waals surface area contributed by atoms with Crippen LogP contribution in [0.25, 0.3) is 0 Å². The highest BCUT2D eigenvalue weighted by atomic mass is 35.5. The van der Waals surface area contributed by atoms with Gasteiger partial charge in [0.05, 0.1) is 38.5 Å². The van der Waals surface area contributed by atoms with Gasteiger partial charge in [-0.25, -0.2) is 4.79 Å². The fourth-order valence-electron chi connectivity index (χ4n) is 1.82. The van der Waals surface area contributed by atoms with E-state index in [4.69, 9.17) is 16.7 Å². The van der Waals surface area contributed by atoms with Crippen molar-refractivity contribution in [1.29, 1.82) is 0 Å². The van der Waals surface area contributed by atoms with Crippen LogP contribution < -0.4 is 0 Å². The minimum absolute atomic E-state index is 0.114. The van der Waals surface area contributed by atoms with E-state index in [1.165, 1.54) is 12.1 Å². The van der Waals surface area contributed by atoms with Gasteiger partial charge in [0, 0.05) is 11.9 Å². The van der Waals surface area contributed by atoms with E-state index in [9.17, 15) is 9.00 Å². The van der Waals surface area contributed by atoms with E-state index in [1.54, 1.807) is 30.8 Å². The predicted octanol–water partition coefficient (Wildman–Crippen LogP) is 2.39. The van der Waals surface area contributed by atoms with Crippen LogP contribution >= 0.6 is 11.6 Å². The van der Waals surface area contributed by atoms with Gasteiger partial charge in [-0.05, 0) is 25.1 Å². The first kappa shape index (κ1) is 14.7. The Balaban J connectivity index is 2.28. The number of hydrogen-bond donors (Lipinski definition) is 1. The molecule has 0 radical (unpaired) electrons. The molecule has 7 heteroatoms. The molecule has 0 aliphatic carbocycles. The molecule has 0 fully saturated rings. The molecule has 106 valence electrons. The Hall–Kier alpha value is -1.66. The number of aryl methyl sites for hydroxylation is 2. The Kier molecular flexibility index (Phi) is 4.25. The van der Waals surface area contributed by atoms with Crippen molar-refractivity contribution in [3.05, 3.63) is 46.2 Å². The zero-order chi connectivity index (χ0) is 14.9. The molecule has 0 bridgehead atoms. The van der Waals surface area contributed by atoms with E-state index in [0.29, 0.717) is 21.3 Å². The molecule has 1 aromatic carbocycles. The van der Waals surface area contributed by atoms with Crippen LogP contribution in [0.4, 0.5) is 0 Å². The third-order valence-corrected chi connectivity index (χ3v) is 4.68. The third kappa shape index (κ3) is 2.91. The van der Waals surface area contributed by atoms with Gasteiger partial charge in [-0.2, -0.15) is 5.10 Å². The first-order valence-corrected chi connectivity index (χ1v) is 7.49. The fraction of sp³-hybridized carbons (Fsp3) is 0.231. The summed E-state index contributed by atoms with van der Waals surface area (Å²) in [6.07, 6.45) is 0. The molecule has 1 unspecified atom stereocenters. The zero-order valence-electron chi connectivity index (χ0n) is 11.0. The van der Waals surface area contributed by atoms with E-state index in [2.05, 4.69) is 5.10 Å². The summed E-state index contributed by atoms with van der Waals surface area (Å²) in [6, 6.07) is 6.09. The average molecular weight is 313 g/mol. The summed E-state index contributed by atoms with van der Waals surface area (Å²) in [7, 11) is 0.358. The molecular weight excluding hydrogens is 300 g/mol. The number of benzene rings is 1. The van der Waals surface area contributed by atoms with Gasteiger partial charge < -0.3 is 5.11 Å². The van der Waals surface area contributed by atoms with E-state index >= 15 is 0 Å². The van der Waals surface area contributed by atoms with Crippen LogP contribution in [0.3, 0.4) is 0 Å². The second-order valence-electron chi connectivity index (χ2n) is 4.29. The predicted molar refractivity (Wildman–Crippen MR) is 76.5 cm³/mol. The standard InChI is InChI=1S/C13H13ClN2O3S/c1-8-12(14)11(16(2)15-8)7-20(19)10-5-3-4-9(6-10)13(17)18/h3-6H,7H2,1-2H3,(H,17,18). The van der Waals surface area contributed by atoms with E-state index in [-0.39, 0.29) is 11.3 Å². The minimum Gasteiger partial charge on any atom is -0.478 e. The molecule has 1 N–H and O–H groups in total. The summed E-state index contributed by atoms with van der Waals surface area (Å²) < 4.78 is 13.9. The first-order chi connectivity index (χ1) is 9.40. The summed E-state index contributed by atoms with van der Waals surface area (Å²) >= 11 is 6.12. The number of carbonyl (C=O) groups is 1. The van der Waals surface area contributed by atoms with Crippen molar-refractivity contribution >= 4 is 28.4 Å². The van der Waals surface area contributed by atoms with E-state index < -0.39 is 16.8 Å². The van der Waals surface area contributed by atoms with Crippen molar-refractivity contribution in [1.82, 2.24) is 9.78 Å². The third-order valence-electron chi connectivity index (χ3n) is 2.87. The smallest absolute Gasteiger partial charge is 0.335 e. The summed E-state index contributed by atoms with van der Waals surface area (Å²) in [5, 5.41) is 13.6. The number of nitrogens with zero attached hydrogens (tertiary/aromatic N) is 2. The molecule has 5 nitrogen and oxygen atoms in total. The van der Waals surface area contributed by atoms with Crippen molar-refractivity contribution in [2.24, 2.45) is 7.05 Å². The van der Waals surface area contributed by atoms with Gasteiger partial charge >= 0.3 is 5.97 Å². The van der Waals surface area contributed by atoms with E-state index in [0.717, 1.165) is 0 Å². The molecule has 0 amide bonds. The van der Waals surface area contributed by atoms with Crippen LogP contribution in [-0.2, 0) is 23.6 Å². The van der Waals surface area contributed by atoms with Crippen molar-refractivity contribution in [3.8, 4) is 0 Å². The Bertz CT molecular complexity index is 697. The Morgan fingerprint density at radius 3 is 2.75 bits per heavy atom. The molecule has 2 rings (SSSR count). The second kappa shape index (κ2) is 5.76. The van der Waals surface area contributed by atoms with Crippen molar-refractivity contribution in [2.45, 2.75) is 17.6 Å². The Morgan fingerprint density at radius 1 is 1.50 bits per heavy atom. The maximum atomic E-state index is 12.3. The lowest BCUT2D eigenvalue weighted by Crippen LogP contribution is -2.05. The quantitative estimate of drug-likeness (QED) is 0.941. The minimum atomic E-state index is -1.38. The highest BCUT2D eigenvalue weighted by Gasteiger charge is 2.16. The number of carboxylic acids is 1. The molecule has 0 saturated carbocycles. The molecule has 0 spiro atoms. The summed E-state index contributed by atoms with van der Waals surface area (Å²) in [6.45, 7) is 1.78. The van der Waals surface area contributed by atoms with Crippen molar-refractivity contribution in [2.75, 3.05) is 0 Å². The Labute approximate surface area is 123 Å². The first-order valence-electron chi connectivity index (χ1n) is 5.80. The van der Waals surface area contributed by atoms with Crippen LogP contribution in [0.15, 0.2) is 29.2 Å². The normalized spacial score (nSPS) is 12.3.